The van der Waals surface area contributed by atoms with Gasteiger partial charge in [0, 0.05) is 12.8 Å². The molecule has 0 atom stereocenters. The van der Waals surface area contributed by atoms with E-state index in [0.29, 0.717) is 0 Å². The average Bonchev–Trinajstić information content (AvgIpc) is 1.86. The molecular weight excluding hydrogens is 112 g/mol. The lowest BCUT2D eigenvalue weighted by molar-refractivity contribution is 0.560. The van der Waals surface area contributed by atoms with Crippen LogP contribution in [0.2, 0.25) is 0 Å². The predicted octanol–water partition coefficient (Wildman–Crippen LogP) is 1.08. The number of aliphatic imine (C=N–C) groups is 1. The Morgan fingerprint density at radius 1 is 1.44 bits per heavy atom. The van der Waals surface area contributed by atoms with Crippen molar-refractivity contribution in [1.82, 2.24) is 5.32 Å². The van der Waals surface area contributed by atoms with Gasteiger partial charge in [-0.3, -0.25) is 4.99 Å². The average molecular weight is 128 g/mol. The number of hydrogen-bond acceptors (Lipinski definition) is 2. The third kappa shape index (κ3) is 2.14. The second kappa shape index (κ2) is 2.97. The van der Waals surface area contributed by atoms with Crippen molar-refractivity contribution in [3.8, 4) is 0 Å². The summed E-state index contributed by atoms with van der Waals surface area (Å²) in [6.45, 7) is 6.24. The fourth-order valence-electron chi connectivity index (χ4n) is 0.460. The molecule has 9 heavy (non-hydrogen) atoms. The first-order valence-corrected chi connectivity index (χ1v) is 3.17. The van der Waals surface area contributed by atoms with Gasteiger partial charge < -0.3 is 5.32 Å². The molecule has 0 aliphatic rings. The van der Waals surface area contributed by atoms with E-state index in [1.54, 1.807) is 0 Å². The van der Waals surface area contributed by atoms with Gasteiger partial charge >= 0.3 is 0 Å². The summed E-state index contributed by atoms with van der Waals surface area (Å²) in [7, 11) is 3.75. The van der Waals surface area contributed by atoms with Crippen LogP contribution in [-0.2, 0) is 0 Å². The van der Waals surface area contributed by atoms with Crippen molar-refractivity contribution in [2.24, 2.45) is 4.99 Å². The number of rotatable bonds is 2. The highest BCUT2D eigenvalue weighted by Gasteiger charge is 2.16. The largest absolute Gasteiger partial charge is 0.310 e. The first kappa shape index (κ1) is 8.63. The van der Waals surface area contributed by atoms with Crippen LogP contribution >= 0.6 is 0 Å². The lowest BCUT2D eigenvalue weighted by Gasteiger charge is -2.23. The molecular formula is C7H16N2. The van der Waals surface area contributed by atoms with Crippen LogP contribution in [0.25, 0.3) is 0 Å². The second-order valence-electron chi connectivity index (χ2n) is 2.68. The summed E-state index contributed by atoms with van der Waals surface area (Å²) in [5.41, 5.74) is 1.18. The quantitative estimate of drug-likeness (QED) is 0.553. The van der Waals surface area contributed by atoms with Crippen molar-refractivity contribution in [3.05, 3.63) is 0 Å². The van der Waals surface area contributed by atoms with Gasteiger partial charge in [-0.15, -0.1) is 0 Å². The fourth-order valence-corrected chi connectivity index (χ4v) is 0.460. The van der Waals surface area contributed by atoms with Gasteiger partial charge in [-0.2, -0.15) is 0 Å². The fraction of sp³-hybridized carbons (Fsp3) is 0.857. The van der Waals surface area contributed by atoms with Crippen LogP contribution in [0.15, 0.2) is 4.99 Å². The summed E-state index contributed by atoms with van der Waals surface area (Å²) in [6.07, 6.45) is 0. The molecule has 0 spiro atoms. The SMILES string of the molecule is CN=C(C)C(C)(C)NC. The molecule has 0 heterocycles. The summed E-state index contributed by atoms with van der Waals surface area (Å²) >= 11 is 0. The van der Waals surface area contributed by atoms with E-state index >= 15 is 0 Å². The molecule has 0 aromatic rings. The Bertz CT molecular complexity index is 114. The molecule has 2 nitrogen and oxygen atoms in total. The smallest absolute Gasteiger partial charge is 0.0502 e. The van der Waals surface area contributed by atoms with Crippen molar-refractivity contribution in [2.75, 3.05) is 14.1 Å². The zero-order chi connectivity index (χ0) is 7.49. The van der Waals surface area contributed by atoms with E-state index < -0.39 is 0 Å². The number of nitrogens with zero attached hydrogens (tertiary/aromatic N) is 1. The summed E-state index contributed by atoms with van der Waals surface area (Å²) in [5, 5.41) is 3.16. The standard InChI is InChI=1S/C7H16N2/c1-6(8-4)7(2,3)9-5/h9H,1-5H3. The normalized spacial score (nSPS) is 14.1. The van der Waals surface area contributed by atoms with Gasteiger partial charge in [-0.1, -0.05) is 0 Å². The van der Waals surface area contributed by atoms with E-state index in [0.717, 1.165) is 5.71 Å². The maximum absolute atomic E-state index is 4.09. The van der Waals surface area contributed by atoms with E-state index in [1.807, 2.05) is 21.0 Å². The zero-order valence-electron chi connectivity index (χ0n) is 6.95. The van der Waals surface area contributed by atoms with Gasteiger partial charge in [-0.05, 0) is 27.8 Å². The zero-order valence-corrected chi connectivity index (χ0v) is 6.95. The van der Waals surface area contributed by atoms with Crippen LogP contribution in [0.1, 0.15) is 20.8 Å². The maximum Gasteiger partial charge on any atom is 0.0502 e. The highest BCUT2D eigenvalue weighted by atomic mass is 14.9. The van der Waals surface area contributed by atoms with Gasteiger partial charge in [0.25, 0.3) is 0 Å². The monoisotopic (exact) mass is 128 g/mol. The molecule has 0 amide bonds. The molecule has 0 radical (unpaired) electrons. The Morgan fingerprint density at radius 2 is 1.89 bits per heavy atom. The van der Waals surface area contributed by atoms with Crippen LogP contribution < -0.4 is 5.32 Å². The lowest BCUT2D eigenvalue weighted by Crippen LogP contribution is -2.43. The first-order chi connectivity index (χ1) is 4.04. The minimum Gasteiger partial charge on any atom is -0.310 e. The summed E-state index contributed by atoms with van der Waals surface area (Å²) in [6, 6.07) is 0. The van der Waals surface area contributed by atoms with Crippen LogP contribution in [0, 0.1) is 0 Å². The summed E-state index contributed by atoms with van der Waals surface area (Å²) in [4.78, 5) is 4.09. The lowest BCUT2D eigenvalue weighted by atomic mass is 10.0. The second-order valence-corrected chi connectivity index (χ2v) is 2.68. The Morgan fingerprint density at radius 3 is 2.00 bits per heavy atom. The minimum atomic E-state index is 0.0503. The van der Waals surface area contributed by atoms with Crippen LogP contribution in [-0.4, -0.2) is 25.3 Å². The Labute approximate surface area is 57.4 Å². The minimum absolute atomic E-state index is 0.0503. The molecule has 0 rings (SSSR count). The Hall–Kier alpha value is -0.370. The van der Waals surface area contributed by atoms with Gasteiger partial charge in [0.2, 0.25) is 0 Å². The van der Waals surface area contributed by atoms with Crippen LogP contribution in [0.5, 0.6) is 0 Å². The molecule has 0 aromatic heterocycles. The van der Waals surface area contributed by atoms with Gasteiger partial charge in [0.1, 0.15) is 0 Å². The molecule has 0 aliphatic heterocycles. The molecule has 0 saturated carbocycles. The Kier molecular flexibility index (Phi) is 2.85. The summed E-state index contributed by atoms with van der Waals surface area (Å²) in [5.74, 6) is 0. The van der Waals surface area contributed by atoms with E-state index in [4.69, 9.17) is 0 Å². The predicted molar refractivity (Wildman–Crippen MR) is 42.2 cm³/mol. The highest BCUT2D eigenvalue weighted by molar-refractivity contribution is 5.90. The molecule has 1 N–H and O–H groups in total. The number of nitrogens with one attached hydrogen (secondary N) is 1. The third-order valence-electron chi connectivity index (χ3n) is 1.86. The van der Waals surface area contributed by atoms with E-state index in [2.05, 4.69) is 24.2 Å². The molecule has 0 saturated heterocycles. The van der Waals surface area contributed by atoms with Crippen molar-refractivity contribution < 1.29 is 0 Å². The van der Waals surface area contributed by atoms with Crippen molar-refractivity contribution >= 4 is 5.71 Å². The molecule has 2 heteroatoms. The van der Waals surface area contributed by atoms with Gasteiger partial charge in [0.05, 0.1) is 5.54 Å². The molecule has 0 aromatic carbocycles. The first-order valence-electron chi connectivity index (χ1n) is 3.17. The molecule has 0 aliphatic carbocycles. The van der Waals surface area contributed by atoms with E-state index in [1.165, 1.54) is 0 Å². The van der Waals surface area contributed by atoms with E-state index in [-0.39, 0.29) is 5.54 Å². The molecule has 54 valence electrons. The molecule has 0 bridgehead atoms. The maximum atomic E-state index is 4.09. The van der Waals surface area contributed by atoms with Crippen molar-refractivity contribution in [2.45, 2.75) is 26.3 Å². The third-order valence-corrected chi connectivity index (χ3v) is 1.86. The highest BCUT2D eigenvalue weighted by Crippen LogP contribution is 2.02. The van der Waals surface area contributed by atoms with Crippen molar-refractivity contribution in [1.29, 1.82) is 0 Å². The van der Waals surface area contributed by atoms with Crippen LogP contribution in [0.4, 0.5) is 0 Å². The molecule has 0 fully saturated rings. The summed E-state index contributed by atoms with van der Waals surface area (Å²) < 4.78 is 0. The van der Waals surface area contributed by atoms with E-state index in [9.17, 15) is 0 Å². The number of hydrogen-bond donors (Lipinski definition) is 1. The topological polar surface area (TPSA) is 24.4 Å². The van der Waals surface area contributed by atoms with Crippen molar-refractivity contribution in [3.63, 3.8) is 0 Å². The Balaban J connectivity index is 4.14. The van der Waals surface area contributed by atoms with Gasteiger partial charge in [-0.25, -0.2) is 0 Å². The van der Waals surface area contributed by atoms with Gasteiger partial charge in [0.15, 0.2) is 0 Å². The molecule has 0 unspecified atom stereocenters. The van der Waals surface area contributed by atoms with Crippen LogP contribution in [0.3, 0.4) is 0 Å².